The van der Waals surface area contributed by atoms with Crippen LogP contribution >= 0.6 is 23.2 Å². The summed E-state index contributed by atoms with van der Waals surface area (Å²) < 4.78 is 6.29. The first-order valence-corrected chi connectivity index (χ1v) is 6.79. The van der Waals surface area contributed by atoms with Gasteiger partial charge in [-0.25, -0.2) is 9.78 Å². The van der Waals surface area contributed by atoms with Gasteiger partial charge in [0, 0.05) is 0 Å². The number of esters is 1. The topological polar surface area (TPSA) is 61.2 Å². The average Bonchev–Trinajstić information content (AvgIpc) is 2.42. The Hall–Kier alpha value is -1.59. The number of fused-ring (bicyclic) bond motifs is 1. The first-order valence-electron chi connectivity index (χ1n) is 5.91. The Kier molecular flexibility index (Phi) is 4.62. The van der Waals surface area contributed by atoms with Crippen molar-refractivity contribution in [2.45, 2.75) is 18.3 Å². The largest absolute Gasteiger partial charge is 0.462 e. The standard InChI is InChI=1S/C13H12Cl2N2O3/c1-8-16-10-5-3-2-4-9(10)12(18)17(8)6-7-20-13(19)11(14)15/h2-5,11H,6-7H2,1H3. The van der Waals surface area contributed by atoms with Crippen molar-refractivity contribution < 1.29 is 9.53 Å². The smallest absolute Gasteiger partial charge is 0.339 e. The molecule has 2 rings (SSSR count). The van der Waals surface area contributed by atoms with Crippen molar-refractivity contribution in [1.29, 1.82) is 0 Å². The summed E-state index contributed by atoms with van der Waals surface area (Å²) in [4.78, 5) is 26.5. The summed E-state index contributed by atoms with van der Waals surface area (Å²) in [6.07, 6.45) is 0. The van der Waals surface area contributed by atoms with Gasteiger partial charge in [-0.3, -0.25) is 9.36 Å². The summed E-state index contributed by atoms with van der Waals surface area (Å²) in [6, 6.07) is 7.08. The fraction of sp³-hybridized carbons (Fsp3) is 0.308. The van der Waals surface area contributed by atoms with Gasteiger partial charge in [0.1, 0.15) is 12.4 Å². The van der Waals surface area contributed by atoms with Crippen molar-refractivity contribution >= 4 is 40.1 Å². The van der Waals surface area contributed by atoms with E-state index < -0.39 is 10.8 Å². The number of benzene rings is 1. The van der Waals surface area contributed by atoms with Crippen LogP contribution in [-0.2, 0) is 16.1 Å². The Morgan fingerprint density at radius 3 is 2.80 bits per heavy atom. The van der Waals surface area contributed by atoms with Crippen molar-refractivity contribution in [3.05, 3.63) is 40.4 Å². The Morgan fingerprint density at radius 1 is 1.40 bits per heavy atom. The molecule has 0 aliphatic carbocycles. The summed E-state index contributed by atoms with van der Waals surface area (Å²) in [5.41, 5.74) is 0.474. The normalized spacial score (nSPS) is 11.0. The molecule has 5 nitrogen and oxygen atoms in total. The van der Waals surface area contributed by atoms with Gasteiger partial charge in [0.25, 0.3) is 5.56 Å². The molecule has 0 amide bonds. The van der Waals surface area contributed by atoms with Gasteiger partial charge >= 0.3 is 5.97 Å². The van der Waals surface area contributed by atoms with E-state index in [1.165, 1.54) is 4.57 Å². The molecule has 0 atom stereocenters. The van der Waals surface area contributed by atoms with Crippen LogP contribution in [0.15, 0.2) is 29.1 Å². The molecule has 0 spiro atoms. The number of carbonyl (C=O) groups is 1. The van der Waals surface area contributed by atoms with Gasteiger partial charge < -0.3 is 4.74 Å². The first-order chi connectivity index (χ1) is 9.50. The molecule has 0 bridgehead atoms. The van der Waals surface area contributed by atoms with E-state index in [4.69, 9.17) is 27.9 Å². The molecular weight excluding hydrogens is 303 g/mol. The molecule has 1 aromatic carbocycles. The van der Waals surface area contributed by atoms with Gasteiger partial charge in [0.05, 0.1) is 17.4 Å². The molecule has 0 radical (unpaired) electrons. The van der Waals surface area contributed by atoms with Crippen LogP contribution in [0.1, 0.15) is 5.82 Å². The second-order valence-electron chi connectivity index (χ2n) is 4.10. The van der Waals surface area contributed by atoms with E-state index in [2.05, 4.69) is 4.98 Å². The highest BCUT2D eigenvalue weighted by Gasteiger charge is 2.13. The van der Waals surface area contributed by atoms with Crippen LogP contribution < -0.4 is 5.56 Å². The van der Waals surface area contributed by atoms with Crippen LogP contribution in [0, 0.1) is 6.92 Å². The maximum absolute atomic E-state index is 12.3. The molecule has 0 unspecified atom stereocenters. The van der Waals surface area contributed by atoms with Crippen molar-refractivity contribution in [2.24, 2.45) is 0 Å². The number of carbonyl (C=O) groups excluding carboxylic acids is 1. The van der Waals surface area contributed by atoms with E-state index in [1.807, 2.05) is 6.07 Å². The van der Waals surface area contributed by atoms with Gasteiger partial charge in [0.2, 0.25) is 4.84 Å². The minimum Gasteiger partial charge on any atom is -0.462 e. The zero-order valence-corrected chi connectivity index (χ0v) is 12.2. The maximum atomic E-state index is 12.3. The second-order valence-corrected chi connectivity index (χ2v) is 5.20. The molecule has 7 heteroatoms. The summed E-state index contributed by atoms with van der Waals surface area (Å²) >= 11 is 10.7. The molecule has 0 aliphatic heterocycles. The number of rotatable bonds is 4. The van der Waals surface area contributed by atoms with E-state index in [0.717, 1.165) is 0 Å². The van der Waals surface area contributed by atoms with Gasteiger partial charge in [-0.05, 0) is 19.1 Å². The highest BCUT2D eigenvalue weighted by Crippen LogP contribution is 2.08. The van der Waals surface area contributed by atoms with E-state index in [-0.39, 0.29) is 18.7 Å². The molecule has 20 heavy (non-hydrogen) atoms. The summed E-state index contributed by atoms with van der Waals surface area (Å²) in [5, 5.41) is 0.525. The lowest BCUT2D eigenvalue weighted by Gasteiger charge is -2.11. The Labute approximate surface area is 125 Å². The van der Waals surface area contributed by atoms with E-state index >= 15 is 0 Å². The first kappa shape index (κ1) is 14.8. The zero-order chi connectivity index (χ0) is 14.7. The minimum absolute atomic E-state index is 0.00946. The van der Waals surface area contributed by atoms with Gasteiger partial charge in [-0.2, -0.15) is 0 Å². The zero-order valence-electron chi connectivity index (χ0n) is 10.7. The van der Waals surface area contributed by atoms with E-state index in [9.17, 15) is 9.59 Å². The minimum atomic E-state index is -1.22. The van der Waals surface area contributed by atoms with Gasteiger partial charge in [-0.15, -0.1) is 0 Å². The van der Waals surface area contributed by atoms with E-state index in [1.54, 1.807) is 25.1 Å². The summed E-state index contributed by atoms with van der Waals surface area (Å²) in [6.45, 7) is 1.94. The lowest BCUT2D eigenvalue weighted by molar-refractivity contribution is -0.141. The number of ether oxygens (including phenoxy) is 1. The third-order valence-corrected chi connectivity index (χ3v) is 3.15. The third-order valence-electron chi connectivity index (χ3n) is 2.79. The van der Waals surface area contributed by atoms with Crippen LogP contribution in [0.5, 0.6) is 0 Å². The monoisotopic (exact) mass is 314 g/mol. The fourth-order valence-corrected chi connectivity index (χ4v) is 1.97. The number of para-hydroxylation sites is 1. The van der Waals surface area contributed by atoms with Crippen molar-refractivity contribution in [1.82, 2.24) is 9.55 Å². The van der Waals surface area contributed by atoms with Crippen LogP contribution in [0.3, 0.4) is 0 Å². The van der Waals surface area contributed by atoms with Crippen molar-refractivity contribution in [2.75, 3.05) is 6.61 Å². The molecule has 1 heterocycles. The van der Waals surface area contributed by atoms with Crippen LogP contribution in [-0.4, -0.2) is 27.0 Å². The third kappa shape index (κ3) is 3.11. The molecule has 1 aromatic heterocycles. The SMILES string of the molecule is Cc1nc2ccccc2c(=O)n1CCOC(=O)C(Cl)Cl. The number of aromatic nitrogens is 2. The number of hydrogen-bond acceptors (Lipinski definition) is 4. The molecule has 0 saturated heterocycles. The predicted molar refractivity (Wildman–Crippen MR) is 77.2 cm³/mol. The molecule has 2 aromatic rings. The second kappa shape index (κ2) is 6.24. The fourth-order valence-electron chi connectivity index (χ4n) is 1.84. The number of alkyl halides is 2. The van der Waals surface area contributed by atoms with Crippen molar-refractivity contribution in [3.63, 3.8) is 0 Å². The molecule has 0 fully saturated rings. The lowest BCUT2D eigenvalue weighted by Crippen LogP contribution is -2.27. The predicted octanol–water partition coefficient (Wildman–Crippen LogP) is 2.05. The molecule has 0 saturated carbocycles. The Balaban J connectivity index is 2.22. The van der Waals surface area contributed by atoms with Crippen LogP contribution in [0.4, 0.5) is 0 Å². The molecule has 0 N–H and O–H groups in total. The van der Waals surface area contributed by atoms with Gasteiger partial charge in [0.15, 0.2) is 0 Å². The number of aryl methyl sites for hydroxylation is 1. The Bertz CT molecular complexity index is 698. The molecule has 106 valence electrons. The molecule has 0 aliphatic rings. The Morgan fingerprint density at radius 2 is 2.10 bits per heavy atom. The molecular formula is C13H12Cl2N2O3. The highest BCUT2D eigenvalue weighted by molar-refractivity contribution is 6.52. The van der Waals surface area contributed by atoms with Crippen molar-refractivity contribution in [3.8, 4) is 0 Å². The van der Waals surface area contributed by atoms with E-state index in [0.29, 0.717) is 16.7 Å². The summed E-state index contributed by atoms with van der Waals surface area (Å²) in [7, 11) is 0. The van der Waals surface area contributed by atoms with Crippen LogP contribution in [0.25, 0.3) is 10.9 Å². The number of nitrogens with zero attached hydrogens (tertiary/aromatic N) is 2. The quantitative estimate of drug-likeness (QED) is 0.640. The van der Waals surface area contributed by atoms with Gasteiger partial charge in [-0.1, -0.05) is 35.3 Å². The maximum Gasteiger partial charge on any atom is 0.339 e. The number of hydrogen-bond donors (Lipinski definition) is 0. The summed E-state index contributed by atoms with van der Waals surface area (Å²) in [5.74, 6) is -0.175. The van der Waals surface area contributed by atoms with Crippen LogP contribution in [0.2, 0.25) is 0 Å². The number of halogens is 2. The lowest BCUT2D eigenvalue weighted by atomic mass is 10.2. The average molecular weight is 315 g/mol. The highest BCUT2D eigenvalue weighted by atomic mass is 35.5.